The van der Waals surface area contributed by atoms with Gasteiger partial charge < -0.3 is 15.2 Å². The van der Waals surface area contributed by atoms with Gasteiger partial charge in [0.15, 0.2) is 0 Å². The first kappa shape index (κ1) is 15.0. The lowest BCUT2D eigenvalue weighted by Gasteiger charge is -2.10. The number of pyridine rings is 1. The van der Waals surface area contributed by atoms with Crippen molar-refractivity contribution in [3.63, 3.8) is 0 Å². The maximum atomic E-state index is 12.2. The maximum Gasteiger partial charge on any atom is 0.255 e. The molecule has 0 saturated carbocycles. The van der Waals surface area contributed by atoms with Crippen LogP contribution >= 0.6 is 0 Å². The van der Waals surface area contributed by atoms with Gasteiger partial charge in [-0.05, 0) is 18.6 Å². The van der Waals surface area contributed by atoms with E-state index < -0.39 is 0 Å². The van der Waals surface area contributed by atoms with Crippen molar-refractivity contribution in [2.75, 3.05) is 18.4 Å². The summed E-state index contributed by atoms with van der Waals surface area (Å²) in [5, 5.41) is 13.8. The molecular weight excluding hydrogens is 268 g/mol. The monoisotopic (exact) mass is 288 g/mol. The van der Waals surface area contributed by atoms with Crippen molar-refractivity contribution in [2.45, 2.75) is 19.8 Å². The van der Waals surface area contributed by atoms with Crippen LogP contribution in [0, 0.1) is 0 Å². The predicted molar refractivity (Wildman–Crippen MR) is 80.1 cm³/mol. The second kappa shape index (κ2) is 7.37. The van der Waals surface area contributed by atoms with E-state index in [1.165, 1.54) is 0 Å². The minimum atomic E-state index is -0.135. The summed E-state index contributed by atoms with van der Waals surface area (Å²) in [6.45, 7) is 3.36. The molecule has 0 aliphatic rings. The Morgan fingerprint density at radius 1 is 1.38 bits per heavy atom. The first-order valence-corrected chi connectivity index (χ1v) is 7.02. The van der Waals surface area contributed by atoms with E-state index in [4.69, 9.17) is 0 Å². The van der Waals surface area contributed by atoms with Gasteiger partial charge in [0.25, 0.3) is 5.91 Å². The number of hydrogen-bond donors (Lipinski definition) is 2. The van der Waals surface area contributed by atoms with Crippen molar-refractivity contribution in [2.24, 2.45) is 7.05 Å². The third-order valence-corrected chi connectivity index (χ3v) is 3.03. The Hall–Kier alpha value is -2.44. The van der Waals surface area contributed by atoms with Gasteiger partial charge in [0.05, 0.1) is 5.56 Å². The fraction of sp³-hybridized carbons (Fsp3) is 0.429. The molecule has 0 bridgehead atoms. The Balaban J connectivity index is 1.92. The normalized spacial score (nSPS) is 10.4. The van der Waals surface area contributed by atoms with Crippen molar-refractivity contribution >= 4 is 11.7 Å². The number of nitrogens with zero attached hydrogens (tertiary/aromatic N) is 4. The quantitative estimate of drug-likeness (QED) is 0.794. The molecule has 0 radical (unpaired) electrons. The molecule has 2 aromatic rings. The lowest BCUT2D eigenvalue weighted by molar-refractivity contribution is 0.0954. The molecule has 2 N–H and O–H groups in total. The third kappa shape index (κ3) is 4.01. The van der Waals surface area contributed by atoms with Crippen LogP contribution < -0.4 is 10.6 Å². The topological polar surface area (TPSA) is 84.7 Å². The van der Waals surface area contributed by atoms with E-state index in [9.17, 15) is 4.79 Å². The fourth-order valence-corrected chi connectivity index (χ4v) is 1.89. The van der Waals surface area contributed by atoms with Crippen LogP contribution in [0.1, 0.15) is 29.5 Å². The molecule has 0 spiro atoms. The molecule has 7 heteroatoms. The lowest BCUT2D eigenvalue weighted by atomic mass is 10.2. The summed E-state index contributed by atoms with van der Waals surface area (Å²) in [5.74, 6) is 1.32. The van der Waals surface area contributed by atoms with Crippen LogP contribution in [-0.2, 0) is 13.5 Å². The van der Waals surface area contributed by atoms with Gasteiger partial charge in [-0.15, -0.1) is 10.2 Å². The van der Waals surface area contributed by atoms with Crippen molar-refractivity contribution in [3.8, 4) is 0 Å². The number of hydrogen-bond acceptors (Lipinski definition) is 5. The number of rotatable bonds is 7. The van der Waals surface area contributed by atoms with E-state index in [1.807, 2.05) is 11.6 Å². The molecule has 21 heavy (non-hydrogen) atoms. The highest BCUT2D eigenvalue weighted by Crippen LogP contribution is 2.11. The minimum absolute atomic E-state index is 0.135. The van der Waals surface area contributed by atoms with Crippen LogP contribution in [0.3, 0.4) is 0 Å². The van der Waals surface area contributed by atoms with Crippen LogP contribution in [0.5, 0.6) is 0 Å². The van der Waals surface area contributed by atoms with E-state index in [-0.39, 0.29) is 5.91 Å². The molecule has 0 unspecified atom stereocenters. The summed E-state index contributed by atoms with van der Waals surface area (Å²) < 4.78 is 1.84. The molecule has 1 amide bonds. The highest BCUT2D eigenvalue weighted by atomic mass is 16.1. The molecule has 2 aromatic heterocycles. The summed E-state index contributed by atoms with van der Waals surface area (Å²) in [7, 11) is 1.88. The first-order valence-electron chi connectivity index (χ1n) is 7.02. The zero-order valence-corrected chi connectivity index (χ0v) is 12.3. The van der Waals surface area contributed by atoms with Gasteiger partial charge in [-0.25, -0.2) is 4.98 Å². The lowest BCUT2D eigenvalue weighted by Crippen LogP contribution is -2.27. The highest BCUT2D eigenvalue weighted by Gasteiger charge is 2.11. The standard InChI is InChI=1S/C14H20N6O/c1-3-7-15-13-11(5-4-8-16-13)14(21)17-9-6-12-19-18-10-20(12)2/h4-5,8,10H,3,6-7,9H2,1-2H3,(H,15,16)(H,17,21). The van der Waals surface area contributed by atoms with E-state index in [0.29, 0.717) is 24.3 Å². The molecule has 2 heterocycles. The summed E-state index contributed by atoms with van der Waals surface area (Å²) in [5.41, 5.74) is 0.559. The van der Waals surface area contributed by atoms with Gasteiger partial charge in [0.1, 0.15) is 18.0 Å². The Bertz CT molecular complexity index is 595. The van der Waals surface area contributed by atoms with Crippen LogP contribution in [0.2, 0.25) is 0 Å². The number of amides is 1. The van der Waals surface area contributed by atoms with Gasteiger partial charge in [-0.2, -0.15) is 0 Å². The largest absolute Gasteiger partial charge is 0.369 e. The van der Waals surface area contributed by atoms with E-state index in [2.05, 4.69) is 32.7 Å². The van der Waals surface area contributed by atoms with Crippen LogP contribution in [0.25, 0.3) is 0 Å². The number of aryl methyl sites for hydroxylation is 1. The van der Waals surface area contributed by atoms with E-state index in [1.54, 1.807) is 24.7 Å². The molecule has 7 nitrogen and oxygen atoms in total. The Morgan fingerprint density at radius 3 is 2.95 bits per heavy atom. The average molecular weight is 288 g/mol. The highest BCUT2D eigenvalue weighted by molar-refractivity contribution is 5.98. The van der Waals surface area contributed by atoms with Crippen molar-refractivity contribution in [1.82, 2.24) is 25.1 Å². The van der Waals surface area contributed by atoms with Crippen molar-refractivity contribution in [3.05, 3.63) is 36.0 Å². The summed E-state index contributed by atoms with van der Waals surface area (Å²) >= 11 is 0. The van der Waals surface area contributed by atoms with Crippen LogP contribution in [-0.4, -0.2) is 38.7 Å². The third-order valence-electron chi connectivity index (χ3n) is 3.03. The van der Waals surface area contributed by atoms with E-state index >= 15 is 0 Å². The summed E-state index contributed by atoms with van der Waals surface area (Å²) in [6.07, 6.45) is 4.93. The molecule has 112 valence electrons. The molecule has 0 aliphatic carbocycles. The molecule has 0 fully saturated rings. The number of nitrogens with one attached hydrogen (secondary N) is 2. The van der Waals surface area contributed by atoms with Crippen LogP contribution in [0.4, 0.5) is 5.82 Å². The number of anilines is 1. The Morgan fingerprint density at radius 2 is 2.24 bits per heavy atom. The van der Waals surface area contributed by atoms with Gasteiger partial charge in [0, 0.05) is 32.8 Å². The average Bonchev–Trinajstić information content (AvgIpc) is 2.91. The number of carbonyl (C=O) groups is 1. The number of aromatic nitrogens is 4. The Kier molecular flexibility index (Phi) is 5.25. The maximum absolute atomic E-state index is 12.2. The van der Waals surface area contributed by atoms with Gasteiger partial charge in [-0.1, -0.05) is 6.92 Å². The molecule has 0 saturated heterocycles. The summed E-state index contributed by atoms with van der Waals surface area (Å²) in [4.78, 5) is 16.4. The predicted octanol–water partition coefficient (Wildman–Crippen LogP) is 1.00. The Labute approximate surface area is 123 Å². The SMILES string of the molecule is CCCNc1ncccc1C(=O)NCCc1nncn1C. The summed E-state index contributed by atoms with van der Waals surface area (Å²) in [6, 6.07) is 3.53. The molecule has 0 aromatic carbocycles. The molecule has 2 rings (SSSR count). The molecule has 0 atom stereocenters. The first-order chi connectivity index (χ1) is 10.2. The van der Waals surface area contributed by atoms with Crippen molar-refractivity contribution in [1.29, 1.82) is 0 Å². The second-order valence-electron chi connectivity index (χ2n) is 4.69. The van der Waals surface area contributed by atoms with Gasteiger partial charge in [0.2, 0.25) is 0 Å². The molecule has 0 aliphatic heterocycles. The van der Waals surface area contributed by atoms with Gasteiger partial charge in [-0.3, -0.25) is 4.79 Å². The zero-order valence-electron chi connectivity index (χ0n) is 12.3. The van der Waals surface area contributed by atoms with Crippen molar-refractivity contribution < 1.29 is 4.79 Å². The van der Waals surface area contributed by atoms with Crippen LogP contribution in [0.15, 0.2) is 24.7 Å². The minimum Gasteiger partial charge on any atom is -0.369 e. The zero-order chi connectivity index (χ0) is 15.1. The van der Waals surface area contributed by atoms with Gasteiger partial charge >= 0.3 is 0 Å². The second-order valence-corrected chi connectivity index (χ2v) is 4.69. The smallest absolute Gasteiger partial charge is 0.255 e. The molecular formula is C14H20N6O. The number of carbonyl (C=O) groups excluding carboxylic acids is 1. The fourth-order valence-electron chi connectivity index (χ4n) is 1.89. The van der Waals surface area contributed by atoms with E-state index in [0.717, 1.165) is 18.8 Å².